The number of likely N-dealkylation sites (tertiary alicyclic amines) is 1. The summed E-state index contributed by atoms with van der Waals surface area (Å²) in [5.74, 6) is 0.875. The van der Waals surface area contributed by atoms with Crippen molar-refractivity contribution in [3.8, 4) is 5.75 Å². The molecular formula is C26H34BNO4. The van der Waals surface area contributed by atoms with Crippen molar-refractivity contribution in [2.45, 2.75) is 77.7 Å². The van der Waals surface area contributed by atoms with Crippen molar-refractivity contribution in [2.24, 2.45) is 0 Å². The lowest BCUT2D eigenvalue weighted by atomic mass is 9.78. The van der Waals surface area contributed by atoms with Gasteiger partial charge in [0.1, 0.15) is 12.4 Å². The summed E-state index contributed by atoms with van der Waals surface area (Å²) in [7, 11) is -0.470. The zero-order valence-corrected chi connectivity index (χ0v) is 19.9. The van der Waals surface area contributed by atoms with Crippen molar-refractivity contribution < 1.29 is 18.8 Å². The zero-order chi connectivity index (χ0) is 22.9. The Labute approximate surface area is 192 Å². The fourth-order valence-electron chi connectivity index (χ4n) is 4.31. The molecule has 0 N–H and O–H groups in total. The van der Waals surface area contributed by atoms with E-state index >= 15 is 0 Å². The Morgan fingerprint density at radius 3 is 2.41 bits per heavy atom. The van der Waals surface area contributed by atoms with Gasteiger partial charge in [0, 0.05) is 18.2 Å². The molecule has 5 nitrogen and oxygen atoms in total. The number of hydrogen-bond donors (Lipinski definition) is 0. The van der Waals surface area contributed by atoms with E-state index in [1.165, 1.54) is 0 Å². The molecule has 4 rings (SSSR count). The molecule has 0 radical (unpaired) electrons. The quantitative estimate of drug-likeness (QED) is 0.641. The molecule has 2 aliphatic heterocycles. The molecule has 0 aromatic heterocycles. The van der Waals surface area contributed by atoms with Gasteiger partial charge in [-0.2, -0.15) is 0 Å². The molecule has 6 heteroatoms. The minimum atomic E-state index is -0.470. The Hall–Kier alpha value is -2.31. The van der Waals surface area contributed by atoms with Gasteiger partial charge in [-0.3, -0.25) is 4.79 Å². The smallest absolute Gasteiger partial charge is 0.489 e. The van der Waals surface area contributed by atoms with Gasteiger partial charge in [-0.1, -0.05) is 42.5 Å². The molecule has 2 aromatic carbocycles. The van der Waals surface area contributed by atoms with E-state index in [1.807, 2.05) is 81.1 Å². The molecule has 2 fully saturated rings. The Kier molecular flexibility index (Phi) is 6.37. The van der Waals surface area contributed by atoms with E-state index in [4.69, 9.17) is 14.0 Å². The van der Waals surface area contributed by atoms with Crippen LogP contribution in [0, 0.1) is 0 Å². The highest BCUT2D eigenvalue weighted by atomic mass is 16.7. The lowest BCUT2D eigenvalue weighted by Gasteiger charge is -2.32. The van der Waals surface area contributed by atoms with Crippen LogP contribution >= 0.6 is 0 Å². The number of carbonyl (C=O) groups is 1. The summed E-state index contributed by atoms with van der Waals surface area (Å²) in [6, 6.07) is 16.3. The van der Waals surface area contributed by atoms with Crippen molar-refractivity contribution in [1.29, 1.82) is 0 Å². The van der Waals surface area contributed by atoms with Crippen LogP contribution in [0.15, 0.2) is 48.5 Å². The summed E-state index contributed by atoms with van der Waals surface area (Å²) in [6.07, 6.45) is 2.44. The number of hydrogen-bond acceptors (Lipinski definition) is 4. The molecule has 0 bridgehead atoms. The van der Waals surface area contributed by atoms with Crippen molar-refractivity contribution in [3.63, 3.8) is 0 Å². The molecule has 2 aromatic rings. The maximum atomic E-state index is 13.1. The Bertz CT molecular complexity index is 944. The number of nitrogens with zero attached hydrogens (tertiary/aromatic N) is 1. The first-order chi connectivity index (χ1) is 15.2. The van der Waals surface area contributed by atoms with Gasteiger partial charge in [0.2, 0.25) is 5.91 Å². The standard InChI is InChI=1S/C26H34BNO4/c1-19-10-9-15-28(19)24(29)17-21-16-22(27-31-25(2,3)26(4,5)32-27)13-14-23(21)30-18-20-11-7-6-8-12-20/h6-8,11-14,16,19H,9-10,15,17-18H2,1-5H3/t19-/m0/s1. The van der Waals surface area contributed by atoms with Gasteiger partial charge in [0.25, 0.3) is 0 Å². The maximum Gasteiger partial charge on any atom is 0.494 e. The van der Waals surface area contributed by atoms with Gasteiger partial charge < -0.3 is 18.9 Å². The van der Waals surface area contributed by atoms with Crippen molar-refractivity contribution >= 4 is 18.5 Å². The summed E-state index contributed by atoms with van der Waals surface area (Å²) >= 11 is 0. The minimum Gasteiger partial charge on any atom is -0.489 e. The minimum absolute atomic E-state index is 0.144. The van der Waals surface area contributed by atoms with E-state index in [0.717, 1.165) is 41.7 Å². The molecule has 32 heavy (non-hydrogen) atoms. The van der Waals surface area contributed by atoms with Crippen LogP contribution in [0.25, 0.3) is 0 Å². The number of benzene rings is 2. The lowest BCUT2D eigenvalue weighted by molar-refractivity contribution is -0.131. The zero-order valence-electron chi connectivity index (χ0n) is 19.9. The van der Waals surface area contributed by atoms with E-state index in [9.17, 15) is 4.79 Å². The molecule has 2 heterocycles. The van der Waals surface area contributed by atoms with Crippen LogP contribution in [0.5, 0.6) is 5.75 Å². The van der Waals surface area contributed by atoms with Crippen molar-refractivity contribution in [3.05, 3.63) is 59.7 Å². The number of rotatable bonds is 6. The second kappa shape index (κ2) is 8.91. The van der Waals surface area contributed by atoms with Crippen LogP contribution in [0.3, 0.4) is 0 Å². The highest BCUT2D eigenvalue weighted by molar-refractivity contribution is 6.62. The molecule has 170 valence electrons. The third-order valence-electron chi connectivity index (χ3n) is 7.06. The molecule has 0 saturated carbocycles. The molecule has 0 unspecified atom stereocenters. The van der Waals surface area contributed by atoms with E-state index in [2.05, 4.69) is 6.92 Å². The second-order valence-electron chi connectivity index (χ2n) is 9.98. The Balaban J connectivity index is 1.58. The first kappa shape index (κ1) is 22.9. The highest BCUT2D eigenvalue weighted by Crippen LogP contribution is 2.37. The molecule has 1 amide bonds. The Morgan fingerprint density at radius 2 is 1.78 bits per heavy atom. The number of carbonyl (C=O) groups excluding carboxylic acids is 1. The van der Waals surface area contributed by atoms with Crippen molar-refractivity contribution in [2.75, 3.05) is 6.54 Å². The van der Waals surface area contributed by atoms with Crippen LogP contribution < -0.4 is 10.2 Å². The average Bonchev–Trinajstić information content (AvgIpc) is 3.27. The predicted octanol–water partition coefficient (Wildman–Crippen LogP) is 4.12. The first-order valence-corrected chi connectivity index (χ1v) is 11.6. The summed E-state index contributed by atoms with van der Waals surface area (Å²) < 4.78 is 18.6. The summed E-state index contributed by atoms with van der Waals surface area (Å²) in [6.45, 7) is 11.6. The van der Waals surface area contributed by atoms with E-state index in [-0.39, 0.29) is 5.91 Å². The number of amides is 1. The van der Waals surface area contributed by atoms with Gasteiger partial charge in [-0.05, 0) is 64.6 Å². The van der Waals surface area contributed by atoms with Gasteiger partial charge in [-0.25, -0.2) is 0 Å². The van der Waals surface area contributed by atoms with E-state index in [1.54, 1.807) is 0 Å². The van der Waals surface area contributed by atoms with Crippen molar-refractivity contribution in [1.82, 2.24) is 4.90 Å². The third-order valence-corrected chi connectivity index (χ3v) is 7.06. The van der Waals surface area contributed by atoms with Gasteiger partial charge >= 0.3 is 7.12 Å². The van der Waals surface area contributed by atoms with Crippen LogP contribution in [0.1, 0.15) is 58.6 Å². The summed E-state index contributed by atoms with van der Waals surface area (Å²) in [4.78, 5) is 15.1. The summed E-state index contributed by atoms with van der Waals surface area (Å²) in [5.41, 5.74) is 2.04. The molecule has 0 spiro atoms. The second-order valence-corrected chi connectivity index (χ2v) is 9.98. The molecule has 2 saturated heterocycles. The normalized spacial score (nSPS) is 21.7. The fourth-order valence-corrected chi connectivity index (χ4v) is 4.31. The molecule has 0 aliphatic carbocycles. The lowest BCUT2D eigenvalue weighted by Crippen LogP contribution is -2.41. The number of ether oxygens (including phenoxy) is 1. The maximum absolute atomic E-state index is 13.1. The Morgan fingerprint density at radius 1 is 1.09 bits per heavy atom. The van der Waals surface area contributed by atoms with Crippen LogP contribution in [0.2, 0.25) is 0 Å². The molecular weight excluding hydrogens is 401 g/mol. The fraction of sp³-hybridized carbons (Fsp3) is 0.500. The third kappa shape index (κ3) is 4.72. The molecule has 1 atom stereocenters. The van der Waals surface area contributed by atoms with Crippen LogP contribution in [-0.2, 0) is 27.1 Å². The average molecular weight is 435 g/mol. The van der Waals surface area contributed by atoms with Gasteiger partial charge in [0.15, 0.2) is 0 Å². The van der Waals surface area contributed by atoms with Crippen LogP contribution in [0.4, 0.5) is 0 Å². The van der Waals surface area contributed by atoms with Gasteiger partial charge in [-0.15, -0.1) is 0 Å². The SMILES string of the molecule is C[C@H]1CCCN1C(=O)Cc1cc(B2OC(C)(C)C(C)(C)O2)ccc1OCc1ccccc1. The van der Waals surface area contributed by atoms with Crippen LogP contribution in [-0.4, -0.2) is 41.7 Å². The topological polar surface area (TPSA) is 48.0 Å². The molecule has 2 aliphatic rings. The largest absolute Gasteiger partial charge is 0.494 e. The predicted molar refractivity (Wildman–Crippen MR) is 127 cm³/mol. The monoisotopic (exact) mass is 435 g/mol. The highest BCUT2D eigenvalue weighted by Gasteiger charge is 2.51. The summed E-state index contributed by atoms with van der Waals surface area (Å²) in [5, 5.41) is 0. The van der Waals surface area contributed by atoms with Gasteiger partial charge in [0.05, 0.1) is 17.6 Å². The van der Waals surface area contributed by atoms with E-state index in [0.29, 0.717) is 19.1 Å². The van der Waals surface area contributed by atoms with E-state index < -0.39 is 18.3 Å². The first-order valence-electron chi connectivity index (χ1n) is 11.6.